The normalized spacial score (nSPS) is 10.0. The van der Waals surface area contributed by atoms with Crippen LogP contribution in [0.4, 0.5) is 0 Å². The van der Waals surface area contributed by atoms with E-state index in [1.54, 1.807) is 22.9 Å². The van der Waals surface area contributed by atoms with Gasteiger partial charge in [-0.25, -0.2) is 0 Å². The van der Waals surface area contributed by atoms with Gasteiger partial charge in [-0.05, 0) is 29.7 Å². The number of aryl methyl sites for hydroxylation is 1. The highest BCUT2D eigenvalue weighted by molar-refractivity contribution is 5.37. The van der Waals surface area contributed by atoms with E-state index in [9.17, 15) is 4.79 Å². The molecule has 0 saturated heterocycles. The van der Waals surface area contributed by atoms with E-state index in [1.165, 1.54) is 0 Å². The third-order valence-electron chi connectivity index (χ3n) is 2.95. The Morgan fingerprint density at radius 2 is 2.06 bits per heavy atom. The molecule has 18 heavy (non-hydrogen) atoms. The molecule has 0 unspecified atom stereocenters. The molecule has 0 N–H and O–H groups in total. The highest BCUT2D eigenvalue weighted by Gasteiger charge is 2.03. The third-order valence-corrected chi connectivity index (χ3v) is 2.95. The number of benzene rings is 1. The highest BCUT2D eigenvalue weighted by atomic mass is 16.1. The second-order valence-corrected chi connectivity index (χ2v) is 4.12. The fourth-order valence-corrected chi connectivity index (χ4v) is 1.85. The van der Waals surface area contributed by atoms with Crippen molar-refractivity contribution in [1.29, 1.82) is 5.26 Å². The molecule has 0 radical (unpaired) electrons. The first-order valence-corrected chi connectivity index (χ1v) is 5.92. The minimum Gasteiger partial charge on any atom is -0.311 e. The van der Waals surface area contributed by atoms with Crippen molar-refractivity contribution < 1.29 is 0 Å². The Hall–Kier alpha value is -2.34. The summed E-state index contributed by atoms with van der Waals surface area (Å²) in [5, 5.41) is 9.01. The van der Waals surface area contributed by atoms with Crippen molar-refractivity contribution >= 4 is 0 Å². The van der Waals surface area contributed by atoms with Gasteiger partial charge in [0.1, 0.15) is 0 Å². The van der Waals surface area contributed by atoms with Crippen LogP contribution in [0, 0.1) is 11.3 Å². The Morgan fingerprint density at radius 1 is 1.28 bits per heavy atom. The zero-order valence-electron chi connectivity index (χ0n) is 10.3. The number of nitrogens with zero attached hydrogens (tertiary/aromatic N) is 2. The molecule has 0 saturated carbocycles. The van der Waals surface area contributed by atoms with Crippen LogP contribution in [0.2, 0.25) is 0 Å². The van der Waals surface area contributed by atoms with Crippen LogP contribution in [0.15, 0.2) is 47.4 Å². The van der Waals surface area contributed by atoms with Crippen LogP contribution in [0.1, 0.15) is 23.6 Å². The van der Waals surface area contributed by atoms with E-state index in [-0.39, 0.29) is 5.56 Å². The number of hydrogen-bond acceptors (Lipinski definition) is 2. The highest BCUT2D eigenvalue weighted by Crippen LogP contribution is 2.08. The molecule has 0 amide bonds. The Balaban J connectivity index is 2.35. The zero-order valence-corrected chi connectivity index (χ0v) is 10.3. The second-order valence-electron chi connectivity index (χ2n) is 4.12. The van der Waals surface area contributed by atoms with Crippen LogP contribution in [-0.4, -0.2) is 4.57 Å². The summed E-state index contributed by atoms with van der Waals surface area (Å²) < 4.78 is 1.62. The fraction of sp³-hybridized carbons (Fsp3) is 0.200. The van der Waals surface area contributed by atoms with Crippen LogP contribution in [0.5, 0.6) is 0 Å². The lowest BCUT2D eigenvalue weighted by atomic mass is 10.1. The Bertz CT molecular complexity index is 650. The van der Waals surface area contributed by atoms with Gasteiger partial charge in [0, 0.05) is 12.3 Å². The predicted molar refractivity (Wildman–Crippen MR) is 70.3 cm³/mol. The van der Waals surface area contributed by atoms with Crippen LogP contribution in [-0.2, 0) is 13.0 Å². The van der Waals surface area contributed by atoms with E-state index in [1.807, 2.05) is 31.2 Å². The van der Waals surface area contributed by atoms with E-state index in [2.05, 4.69) is 6.07 Å². The molecule has 0 atom stereocenters. The van der Waals surface area contributed by atoms with Crippen molar-refractivity contribution in [2.45, 2.75) is 19.9 Å². The number of pyridine rings is 1. The molecular weight excluding hydrogens is 224 g/mol. The lowest BCUT2D eigenvalue weighted by Gasteiger charge is -2.07. The summed E-state index contributed by atoms with van der Waals surface area (Å²) in [6.07, 6.45) is 2.64. The molecule has 0 aliphatic heterocycles. The van der Waals surface area contributed by atoms with Crippen molar-refractivity contribution in [2.75, 3.05) is 0 Å². The molecule has 0 aliphatic rings. The molecule has 0 bridgehead atoms. The van der Waals surface area contributed by atoms with Gasteiger partial charge in [0.15, 0.2) is 0 Å². The van der Waals surface area contributed by atoms with Crippen molar-refractivity contribution in [2.24, 2.45) is 0 Å². The molecule has 0 aliphatic carbocycles. The molecule has 90 valence electrons. The maximum absolute atomic E-state index is 11.9. The van der Waals surface area contributed by atoms with Crippen LogP contribution < -0.4 is 5.56 Å². The van der Waals surface area contributed by atoms with Crippen molar-refractivity contribution in [3.63, 3.8) is 0 Å². The van der Waals surface area contributed by atoms with Crippen LogP contribution in [0.25, 0.3) is 0 Å². The Labute approximate surface area is 106 Å². The quantitative estimate of drug-likeness (QED) is 0.823. The Morgan fingerprint density at radius 3 is 2.72 bits per heavy atom. The smallest absolute Gasteiger partial charge is 0.251 e. The van der Waals surface area contributed by atoms with Gasteiger partial charge < -0.3 is 4.57 Å². The zero-order chi connectivity index (χ0) is 13.0. The Kier molecular flexibility index (Phi) is 3.59. The lowest BCUT2D eigenvalue weighted by Crippen LogP contribution is -2.20. The third kappa shape index (κ3) is 2.49. The monoisotopic (exact) mass is 238 g/mol. The second kappa shape index (κ2) is 5.33. The molecule has 1 aromatic heterocycles. The first-order chi connectivity index (χ1) is 8.74. The maximum Gasteiger partial charge on any atom is 0.251 e. The molecular formula is C15H14N2O. The van der Waals surface area contributed by atoms with Crippen LogP contribution in [0.3, 0.4) is 0 Å². The van der Waals surface area contributed by atoms with Crippen molar-refractivity contribution in [1.82, 2.24) is 4.57 Å². The molecule has 3 heteroatoms. The summed E-state index contributed by atoms with van der Waals surface area (Å²) in [5.41, 5.74) is 2.49. The summed E-state index contributed by atoms with van der Waals surface area (Å²) >= 11 is 0. The summed E-state index contributed by atoms with van der Waals surface area (Å²) in [7, 11) is 0. The largest absolute Gasteiger partial charge is 0.311 e. The minimum absolute atomic E-state index is 0.0258. The maximum atomic E-state index is 11.9. The van der Waals surface area contributed by atoms with E-state index >= 15 is 0 Å². The SMILES string of the molecule is CCc1ccn(Cc2ccccc2C#N)c(=O)c1. The van der Waals surface area contributed by atoms with Gasteiger partial charge in [-0.15, -0.1) is 0 Å². The van der Waals surface area contributed by atoms with E-state index in [0.29, 0.717) is 12.1 Å². The fourth-order valence-electron chi connectivity index (χ4n) is 1.85. The number of aromatic nitrogens is 1. The summed E-state index contributed by atoms with van der Waals surface area (Å²) in [6, 6.07) is 13.1. The van der Waals surface area contributed by atoms with Gasteiger partial charge in [0.2, 0.25) is 0 Å². The van der Waals surface area contributed by atoms with E-state index in [0.717, 1.165) is 17.5 Å². The molecule has 2 aromatic rings. The standard InChI is InChI=1S/C15H14N2O/c1-2-12-7-8-17(15(18)9-12)11-14-6-4-3-5-13(14)10-16/h3-9H,2,11H2,1H3. The first-order valence-electron chi connectivity index (χ1n) is 5.92. The summed E-state index contributed by atoms with van der Waals surface area (Å²) in [6.45, 7) is 2.46. The summed E-state index contributed by atoms with van der Waals surface area (Å²) in [5.74, 6) is 0. The van der Waals surface area contributed by atoms with Gasteiger partial charge in [-0.1, -0.05) is 25.1 Å². The van der Waals surface area contributed by atoms with Gasteiger partial charge in [0.05, 0.1) is 18.2 Å². The number of rotatable bonds is 3. The lowest BCUT2D eigenvalue weighted by molar-refractivity contribution is 0.753. The first kappa shape index (κ1) is 12.1. The van der Waals surface area contributed by atoms with E-state index in [4.69, 9.17) is 5.26 Å². The predicted octanol–water partition coefficient (Wildman–Crippen LogP) is 2.33. The minimum atomic E-state index is -0.0258. The topological polar surface area (TPSA) is 45.8 Å². The molecule has 1 aromatic carbocycles. The van der Waals surface area contributed by atoms with Crippen LogP contribution >= 0.6 is 0 Å². The van der Waals surface area contributed by atoms with E-state index < -0.39 is 0 Å². The number of hydrogen-bond donors (Lipinski definition) is 0. The van der Waals surface area contributed by atoms with Crippen molar-refractivity contribution in [3.05, 3.63) is 69.6 Å². The van der Waals surface area contributed by atoms with Crippen molar-refractivity contribution in [3.8, 4) is 6.07 Å². The van der Waals surface area contributed by atoms with Gasteiger partial charge >= 0.3 is 0 Å². The molecule has 0 spiro atoms. The van der Waals surface area contributed by atoms with Gasteiger partial charge in [-0.3, -0.25) is 4.79 Å². The van der Waals surface area contributed by atoms with Gasteiger partial charge in [0.25, 0.3) is 5.56 Å². The molecule has 2 rings (SSSR count). The average molecular weight is 238 g/mol. The molecule has 3 nitrogen and oxygen atoms in total. The molecule has 1 heterocycles. The average Bonchev–Trinajstić information content (AvgIpc) is 2.41. The number of nitriles is 1. The van der Waals surface area contributed by atoms with Gasteiger partial charge in [-0.2, -0.15) is 5.26 Å². The summed E-state index contributed by atoms with van der Waals surface area (Å²) in [4.78, 5) is 11.9. The molecule has 0 fully saturated rings.